The van der Waals surface area contributed by atoms with Crippen molar-refractivity contribution in [2.75, 3.05) is 5.73 Å². The molecule has 2 aromatic carbocycles. The molecule has 0 unspecified atom stereocenters. The Kier molecular flexibility index (Phi) is 3.55. The molecule has 0 fully saturated rings. The zero-order chi connectivity index (χ0) is 12.3. The maximum absolute atomic E-state index is 6.05. The van der Waals surface area contributed by atoms with E-state index in [2.05, 4.69) is 0 Å². The lowest BCUT2D eigenvalue weighted by molar-refractivity contribution is 0.306. The molecule has 0 bridgehead atoms. The molecule has 0 aliphatic rings. The third kappa shape index (κ3) is 3.14. The van der Waals surface area contributed by atoms with Gasteiger partial charge in [-0.05, 0) is 37.3 Å². The first-order valence-corrected chi connectivity index (χ1v) is 5.76. The smallest absolute Gasteiger partial charge is 0.119 e. The summed E-state index contributed by atoms with van der Waals surface area (Å²) in [5, 5.41) is 0.673. The number of aryl methyl sites for hydroxylation is 1. The molecule has 0 amide bonds. The second kappa shape index (κ2) is 5.11. The van der Waals surface area contributed by atoms with Crippen molar-refractivity contribution in [3.05, 3.63) is 58.6 Å². The number of nitrogen functional groups attached to an aromatic ring is 1. The summed E-state index contributed by atoms with van der Waals surface area (Å²) in [5.41, 5.74) is 8.50. The average molecular weight is 248 g/mol. The van der Waals surface area contributed by atoms with Gasteiger partial charge in [0.05, 0.1) is 0 Å². The van der Waals surface area contributed by atoms with Crippen molar-refractivity contribution in [2.24, 2.45) is 0 Å². The van der Waals surface area contributed by atoms with Crippen LogP contribution in [-0.2, 0) is 6.61 Å². The van der Waals surface area contributed by atoms with E-state index >= 15 is 0 Å². The molecule has 0 atom stereocenters. The Morgan fingerprint density at radius 2 is 1.82 bits per heavy atom. The summed E-state index contributed by atoms with van der Waals surface area (Å²) in [4.78, 5) is 0. The molecular weight excluding hydrogens is 234 g/mol. The van der Waals surface area contributed by atoms with Gasteiger partial charge in [0.25, 0.3) is 0 Å². The summed E-state index contributed by atoms with van der Waals surface area (Å²) in [6.07, 6.45) is 0. The number of nitrogens with two attached hydrogens (primary N) is 1. The summed E-state index contributed by atoms with van der Waals surface area (Å²) in [7, 11) is 0. The molecule has 0 spiro atoms. The number of benzene rings is 2. The third-order valence-corrected chi connectivity index (χ3v) is 2.85. The standard InChI is InChI=1S/C14H14ClNO/c1-10-2-5-13(6-3-10)17-9-11-8-12(16)4-7-14(11)15/h2-8H,9,16H2,1H3. The number of hydrogen-bond donors (Lipinski definition) is 1. The normalized spacial score (nSPS) is 10.2. The fourth-order valence-electron chi connectivity index (χ4n) is 1.50. The van der Waals surface area contributed by atoms with Crippen LogP contribution in [0.15, 0.2) is 42.5 Å². The molecule has 0 aliphatic heterocycles. The van der Waals surface area contributed by atoms with E-state index < -0.39 is 0 Å². The Morgan fingerprint density at radius 3 is 2.53 bits per heavy atom. The molecule has 2 nitrogen and oxygen atoms in total. The summed E-state index contributed by atoms with van der Waals surface area (Å²) < 4.78 is 5.64. The molecule has 0 heterocycles. The van der Waals surface area contributed by atoms with Gasteiger partial charge in [0.15, 0.2) is 0 Å². The largest absolute Gasteiger partial charge is 0.489 e. The second-order valence-electron chi connectivity index (χ2n) is 3.95. The van der Waals surface area contributed by atoms with Crippen molar-refractivity contribution >= 4 is 17.3 Å². The minimum absolute atomic E-state index is 0.424. The molecule has 0 aliphatic carbocycles. The third-order valence-electron chi connectivity index (χ3n) is 2.49. The van der Waals surface area contributed by atoms with Crippen LogP contribution in [-0.4, -0.2) is 0 Å². The molecule has 3 heteroatoms. The molecule has 88 valence electrons. The van der Waals surface area contributed by atoms with Crippen molar-refractivity contribution in [1.82, 2.24) is 0 Å². The monoisotopic (exact) mass is 247 g/mol. The molecule has 0 aromatic heterocycles. The molecule has 0 saturated carbocycles. The summed E-state index contributed by atoms with van der Waals surface area (Å²) >= 11 is 6.05. The van der Waals surface area contributed by atoms with Crippen LogP contribution in [0, 0.1) is 6.92 Å². The van der Waals surface area contributed by atoms with Crippen LogP contribution < -0.4 is 10.5 Å². The number of ether oxygens (including phenoxy) is 1. The van der Waals surface area contributed by atoms with Crippen LogP contribution in [0.3, 0.4) is 0 Å². The Hall–Kier alpha value is -1.67. The van der Waals surface area contributed by atoms with Gasteiger partial charge in [0.2, 0.25) is 0 Å². The molecule has 2 aromatic rings. The highest BCUT2D eigenvalue weighted by atomic mass is 35.5. The van der Waals surface area contributed by atoms with Crippen LogP contribution in [0.1, 0.15) is 11.1 Å². The van der Waals surface area contributed by atoms with Gasteiger partial charge in [-0.2, -0.15) is 0 Å². The first kappa shape index (κ1) is 11.8. The van der Waals surface area contributed by atoms with Crippen molar-refractivity contribution in [3.63, 3.8) is 0 Å². The topological polar surface area (TPSA) is 35.2 Å². The van der Waals surface area contributed by atoms with Gasteiger partial charge in [0, 0.05) is 16.3 Å². The SMILES string of the molecule is Cc1ccc(OCc2cc(N)ccc2Cl)cc1. The van der Waals surface area contributed by atoms with Crippen LogP contribution in [0.4, 0.5) is 5.69 Å². The van der Waals surface area contributed by atoms with E-state index in [0.717, 1.165) is 11.3 Å². The van der Waals surface area contributed by atoms with Gasteiger partial charge in [-0.3, -0.25) is 0 Å². The Bertz CT molecular complexity index is 508. The Balaban J connectivity index is 2.07. The van der Waals surface area contributed by atoms with Gasteiger partial charge < -0.3 is 10.5 Å². The fraction of sp³-hybridized carbons (Fsp3) is 0.143. The van der Waals surface area contributed by atoms with Crippen molar-refractivity contribution in [3.8, 4) is 5.75 Å². The van der Waals surface area contributed by atoms with Gasteiger partial charge in [-0.15, -0.1) is 0 Å². The molecule has 2 rings (SSSR count). The van der Waals surface area contributed by atoms with E-state index in [9.17, 15) is 0 Å². The quantitative estimate of drug-likeness (QED) is 0.837. The number of anilines is 1. The van der Waals surface area contributed by atoms with Gasteiger partial charge in [-0.25, -0.2) is 0 Å². The van der Waals surface area contributed by atoms with Crippen molar-refractivity contribution < 1.29 is 4.74 Å². The van der Waals surface area contributed by atoms with Crippen LogP contribution in [0.5, 0.6) is 5.75 Å². The second-order valence-corrected chi connectivity index (χ2v) is 4.36. The molecule has 2 N–H and O–H groups in total. The highest BCUT2D eigenvalue weighted by Crippen LogP contribution is 2.21. The zero-order valence-corrected chi connectivity index (χ0v) is 10.4. The van der Waals surface area contributed by atoms with E-state index in [4.69, 9.17) is 22.1 Å². The molecule has 0 radical (unpaired) electrons. The Labute approximate surface area is 106 Å². The predicted molar refractivity (Wildman–Crippen MR) is 71.4 cm³/mol. The van der Waals surface area contributed by atoms with Crippen molar-refractivity contribution in [2.45, 2.75) is 13.5 Å². The molecular formula is C14H14ClNO. The average Bonchev–Trinajstić information content (AvgIpc) is 2.32. The molecule has 17 heavy (non-hydrogen) atoms. The van der Waals surface area contributed by atoms with Gasteiger partial charge in [-0.1, -0.05) is 29.3 Å². The van der Waals surface area contributed by atoms with Crippen LogP contribution >= 0.6 is 11.6 Å². The number of hydrogen-bond acceptors (Lipinski definition) is 2. The molecule has 0 saturated heterocycles. The van der Waals surface area contributed by atoms with E-state index in [-0.39, 0.29) is 0 Å². The maximum atomic E-state index is 6.05. The zero-order valence-electron chi connectivity index (χ0n) is 9.61. The van der Waals surface area contributed by atoms with E-state index in [1.807, 2.05) is 37.3 Å². The fourth-order valence-corrected chi connectivity index (χ4v) is 1.67. The number of halogens is 1. The first-order chi connectivity index (χ1) is 8.15. The minimum Gasteiger partial charge on any atom is -0.489 e. The maximum Gasteiger partial charge on any atom is 0.119 e. The highest BCUT2D eigenvalue weighted by Gasteiger charge is 2.02. The summed E-state index contributed by atoms with van der Waals surface area (Å²) in [6.45, 7) is 2.46. The predicted octanol–water partition coefficient (Wildman–Crippen LogP) is 3.81. The first-order valence-electron chi connectivity index (χ1n) is 5.38. The minimum atomic E-state index is 0.424. The lowest BCUT2D eigenvalue weighted by Gasteiger charge is -2.08. The summed E-state index contributed by atoms with van der Waals surface area (Å²) in [5.74, 6) is 0.828. The summed E-state index contributed by atoms with van der Waals surface area (Å²) in [6, 6.07) is 13.3. The lowest BCUT2D eigenvalue weighted by Crippen LogP contribution is -1.97. The highest BCUT2D eigenvalue weighted by molar-refractivity contribution is 6.31. The van der Waals surface area contributed by atoms with Crippen LogP contribution in [0.25, 0.3) is 0 Å². The van der Waals surface area contributed by atoms with Gasteiger partial charge >= 0.3 is 0 Å². The van der Waals surface area contributed by atoms with Crippen molar-refractivity contribution in [1.29, 1.82) is 0 Å². The lowest BCUT2D eigenvalue weighted by atomic mass is 10.2. The van der Waals surface area contributed by atoms with Crippen LogP contribution in [0.2, 0.25) is 5.02 Å². The van der Waals surface area contributed by atoms with Gasteiger partial charge in [0.1, 0.15) is 12.4 Å². The van der Waals surface area contributed by atoms with E-state index in [1.54, 1.807) is 12.1 Å². The van der Waals surface area contributed by atoms with E-state index in [1.165, 1.54) is 5.56 Å². The van der Waals surface area contributed by atoms with E-state index in [0.29, 0.717) is 17.3 Å². The Morgan fingerprint density at radius 1 is 1.12 bits per heavy atom. The number of rotatable bonds is 3.